The standard InChI is InChI=1S/C33H56N4O3/c1-3-5-7-9-11-13-15-17-19-21-25-39-29-24-23-28(31-32(33(34)38)36-37-35-31)27-30(29)40-26-22-20-18-16-14-12-10-8-6-4-2/h23-24,27H,3-22,25-26H2,1-2H3,(H2,34,38)(H,35,36,37). The predicted molar refractivity (Wildman–Crippen MR) is 165 cm³/mol. The van der Waals surface area contributed by atoms with Crippen LogP contribution < -0.4 is 15.2 Å². The highest BCUT2D eigenvalue weighted by molar-refractivity contribution is 5.96. The molecule has 2 rings (SSSR count). The molecule has 3 N–H and O–H groups in total. The van der Waals surface area contributed by atoms with E-state index in [9.17, 15) is 4.79 Å². The van der Waals surface area contributed by atoms with E-state index in [0.717, 1.165) is 24.2 Å². The van der Waals surface area contributed by atoms with E-state index < -0.39 is 5.91 Å². The molecule has 0 spiro atoms. The molecule has 0 atom stereocenters. The molecule has 1 amide bonds. The number of rotatable bonds is 26. The first kappa shape index (κ1) is 33.6. The molecule has 0 aliphatic rings. The van der Waals surface area contributed by atoms with Gasteiger partial charge < -0.3 is 15.2 Å². The predicted octanol–water partition coefficient (Wildman–Crippen LogP) is 9.17. The van der Waals surface area contributed by atoms with Crippen molar-refractivity contribution < 1.29 is 14.3 Å². The summed E-state index contributed by atoms with van der Waals surface area (Å²) in [6.07, 6.45) is 25.8. The number of amides is 1. The maximum absolute atomic E-state index is 11.8. The van der Waals surface area contributed by atoms with Gasteiger partial charge in [-0.3, -0.25) is 4.79 Å². The van der Waals surface area contributed by atoms with Crippen LogP contribution in [0.4, 0.5) is 0 Å². The van der Waals surface area contributed by atoms with E-state index in [2.05, 4.69) is 29.3 Å². The molecular formula is C33H56N4O3. The summed E-state index contributed by atoms with van der Waals surface area (Å²) in [7, 11) is 0. The zero-order valence-electron chi connectivity index (χ0n) is 25.5. The Morgan fingerprint density at radius 2 is 1.10 bits per heavy atom. The number of nitrogens with zero attached hydrogens (tertiary/aromatic N) is 2. The minimum Gasteiger partial charge on any atom is -0.490 e. The second-order valence-electron chi connectivity index (χ2n) is 11.1. The number of hydrogen-bond acceptors (Lipinski definition) is 5. The minimum atomic E-state index is -0.613. The van der Waals surface area contributed by atoms with E-state index in [1.165, 1.54) is 116 Å². The fraction of sp³-hybridized carbons (Fsp3) is 0.727. The maximum atomic E-state index is 11.8. The number of primary amides is 1. The first-order chi connectivity index (χ1) is 19.7. The van der Waals surface area contributed by atoms with Crippen molar-refractivity contribution in [2.24, 2.45) is 5.73 Å². The van der Waals surface area contributed by atoms with Crippen LogP contribution in [0.3, 0.4) is 0 Å². The number of carbonyl (C=O) groups excluding carboxylic acids is 1. The zero-order valence-corrected chi connectivity index (χ0v) is 25.5. The third-order valence-electron chi connectivity index (χ3n) is 7.51. The second-order valence-corrected chi connectivity index (χ2v) is 11.1. The van der Waals surface area contributed by atoms with Crippen molar-refractivity contribution in [3.8, 4) is 22.8 Å². The molecule has 7 heteroatoms. The van der Waals surface area contributed by atoms with Crippen LogP contribution in [0.5, 0.6) is 11.5 Å². The summed E-state index contributed by atoms with van der Waals surface area (Å²) in [5.74, 6) is 0.799. The van der Waals surface area contributed by atoms with Crippen molar-refractivity contribution in [1.29, 1.82) is 0 Å². The Morgan fingerprint density at radius 1 is 0.650 bits per heavy atom. The van der Waals surface area contributed by atoms with Gasteiger partial charge in [0.2, 0.25) is 0 Å². The van der Waals surface area contributed by atoms with Crippen molar-refractivity contribution in [1.82, 2.24) is 15.4 Å². The number of hydrogen-bond donors (Lipinski definition) is 2. The minimum absolute atomic E-state index is 0.125. The van der Waals surface area contributed by atoms with Gasteiger partial charge in [0.25, 0.3) is 5.91 Å². The third-order valence-corrected chi connectivity index (χ3v) is 7.51. The molecule has 226 valence electrons. The monoisotopic (exact) mass is 556 g/mol. The Hall–Kier alpha value is -2.57. The van der Waals surface area contributed by atoms with Gasteiger partial charge in [-0.05, 0) is 31.0 Å². The molecule has 1 heterocycles. The van der Waals surface area contributed by atoms with Crippen molar-refractivity contribution in [3.63, 3.8) is 0 Å². The summed E-state index contributed by atoms with van der Waals surface area (Å²) < 4.78 is 12.3. The fourth-order valence-electron chi connectivity index (χ4n) is 5.03. The second kappa shape index (κ2) is 22.2. The molecule has 0 unspecified atom stereocenters. The van der Waals surface area contributed by atoms with E-state index in [1.54, 1.807) is 0 Å². The van der Waals surface area contributed by atoms with E-state index in [1.807, 2.05) is 18.2 Å². The normalized spacial score (nSPS) is 11.2. The molecule has 0 bridgehead atoms. The summed E-state index contributed by atoms with van der Waals surface area (Å²) >= 11 is 0. The van der Waals surface area contributed by atoms with Gasteiger partial charge in [-0.15, -0.1) is 0 Å². The molecule has 40 heavy (non-hydrogen) atoms. The molecule has 2 aromatic rings. The van der Waals surface area contributed by atoms with Crippen LogP contribution in [-0.4, -0.2) is 34.5 Å². The topological polar surface area (TPSA) is 103 Å². The van der Waals surface area contributed by atoms with Crippen LogP contribution in [0, 0.1) is 0 Å². The molecular weight excluding hydrogens is 500 g/mol. The Kier molecular flexibility index (Phi) is 18.6. The largest absolute Gasteiger partial charge is 0.490 e. The highest BCUT2D eigenvalue weighted by Gasteiger charge is 2.17. The fourth-order valence-corrected chi connectivity index (χ4v) is 5.03. The van der Waals surface area contributed by atoms with Gasteiger partial charge in [0.1, 0.15) is 5.69 Å². The zero-order chi connectivity index (χ0) is 28.7. The molecule has 7 nitrogen and oxygen atoms in total. The van der Waals surface area contributed by atoms with Gasteiger partial charge >= 0.3 is 0 Å². The Bertz CT molecular complexity index is 915. The number of unbranched alkanes of at least 4 members (excludes halogenated alkanes) is 18. The number of carbonyl (C=O) groups is 1. The Labute approximate surface area is 243 Å². The number of H-pyrrole nitrogens is 1. The molecule has 1 aromatic carbocycles. The quantitative estimate of drug-likeness (QED) is 0.112. The molecule has 0 saturated heterocycles. The lowest BCUT2D eigenvalue weighted by molar-refractivity contribution is 0.0996. The van der Waals surface area contributed by atoms with Crippen LogP contribution >= 0.6 is 0 Å². The van der Waals surface area contributed by atoms with Crippen molar-refractivity contribution in [2.45, 2.75) is 142 Å². The van der Waals surface area contributed by atoms with E-state index in [-0.39, 0.29) is 5.69 Å². The third kappa shape index (κ3) is 14.2. The number of nitrogens with two attached hydrogens (primary N) is 1. The van der Waals surface area contributed by atoms with Gasteiger partial charge in [0.15, 0.2) is 17.2 Å². The number of aromatic nitrogens is 3. The van der Waals surface area contributed by atoms with Crippen LogP contribution in [0.15, 0.2) is 18.2 Å². The van der Waals surface area contributed by atoms with Gasteiger partial charge in [-0.1, -0.05) is 129 Å². The van der Waals surface area contributed by atoms with E-state index >= 15 is 0 Å². The molecule has 0 aliphatic heterocycles. The van der Waals surface area contributed by atoms with Crippen molar-refractivity contribution >= 4 is 5.91 Å². The van der Waals surface area contributed by atoms with Crippen LogP contribution in [0.1, 0.15) is 153 Å². The lowest BCUT2D eigenvalue weighted by Crippen LogP contribution is -2.12. The highest BCUT2D eigenvalue weighted by Crippen LogP contribution is 2.33. The molecule has 0 aliphatic carbocycles. The molecule has 0 fully saturated rings. The van der Waals surface area contributed by atoms with E-state index in [4.69, 9.17) is 15.2 Å². The van der Waals surface area contributed by atoms with Gasteiger partial charge in [-0.25, -0.2) is 0 Å². The van der Waals surface area contributed by atoms with Gasteiger partial charge in [0, 0.05) is 5.56 Å². The Morgan fingerprint density at radius 3 is 1.57 bits per heavy atom. The summed E-state index contributed by atoms with van der Waals surface area (Å²) in [6.45, 7) is 5.83. The summed E-state index contributed by atoms with van der Waals surface area (Å²) in [5, 5.41) is 10.5. The lowest BCUT2D eigenvalue weighted by atomic mass is 10.1. The van der Waals surface area contributed by atoms with Gasteiger partial charge in [0.05, 0.1) is 13.2 Å². The summed E-state index contributed by atoms with van der Waals surface area (Å²) in [4.78, 5) is 11.8. The summed E-state index contributed by atoms with van der Waals surface area (Å²) in [6, 6.07) is 5.67. The van der Waals surface area contributed by atoms with Crippen LogP contribution in [-0.2, 0) is 0 Å². The highest BCUT2D eigenvalue weighted by atomic mass is 16.5. The lowest BCUT2D eigenvalue weighted by Gasteiger charge is -2.14. The first-order valence-electron chi connectivity index (χ1n) is 16.3. The molecule has 1 aromatic heterocycles. The maximum Gasteiger partial charge on any atom is 0.271 e. The SMILES string of the molecule is CCCCCCCCCCCCOc1ccc(-c2n[nH]nc2C(N)=O)cc1OCCCCCCCCCCCC. The molecule has 0 radical (unpaired) electrons. The number of nitrogens with one attached hydrogen (secondary N) is 1. The van der Waals surface area contributed by atoms with Crippen LogP contribution in [0.25, 0.3) is 11.3 Å². The summed E-state index contributed by atoms with van der Waals surface area (Å²) in [5.41, 5.74) is 6.76. The van der Waals surface area contributed by atoms with Crippen LogP contribution in [0.2, 0.25) is 0 Å². The Balaban J connectivity index is 1.78. The van der Waals surface area contributed by atoms with Crippen molar-refractivity contribution in [3.05, 3.63) is 23.9 Å². The number of ether oxygens (including phenoxy) is 2. The number of benzene rings is 1. The smallest absolute Gasteiger partial charge is 0.271 e. The molecule has 0 saturated carbocycles. The number of aromatic amines is 1. The first-order valence-corrected chi connectivity index (χ1v) is 16.3. The average molecular weight is 557 g/mol. The van der Waals surface area contributed by atoms with E-state index in [0.29, 0.717) is 24.7 Å². The van der Waals surface area contributed by atoms with Gasteiger partial charge in [-0.2, -0.15) is 15.4 Å². The van der Waals surface area contributed by atoms with Crippen molar-refractivity contribution in [2.75, 3.05) is 13.2 Å². The average Bonchev–Trinajstić information content (AvgIpc) is 3.46.